The standard InChI is InChI=1S/C10H17N3O3/c1-8(7-12(2)3)11-6-9-4-5-10(16-9)13(14)15/h4-5,8,11H,6-7H2,1-3H3. The molecule has 1 N–H and O–H groups in total. The van der Waals surface area contributed by atoms with Crippen molar-refractivity contribution in [1.82, 2.24) is 10.2 Å². The fraction of sp³-hybridized carbons (Fsp3) is 0.600. The molecule has 1 unspecified atom stereocenters. The van der Waals surface area contributed by atoms with E-state index in [2.05, 4.69) is 17.1 Å². The van der Waals surface area contributed by atoms with Crippen LogP contribution in [0, 0.1) is 10.1 Å². The Labute approximate surface area is 94.4 Å². The van der Waals surface area contributed by atoms with Gasteiger partial charge < -0.3 is 14.6 Å². The zero-order valence-electron chi connectivity index (χ0n) is 9.77. The van der Waals surface area contributed by atoms with Crippen molar-refractivity contribution in [2.75, 3.05) is 20.6 Å². The lowest BCUT2D eigenvalue weighted by Gasteiger charge is -2.17. The zero-order chi connectivity index (χ0) is 12.1. The third-order valence-electron chi connectivity index (χ3n) is 2.09. The number of hydrogen-bond donors (Lipinski definition) is 1. The number of likely N-dealkylation sites (N-methyl/N-ethyl adjacent to an activating group) is 1. The Morgan fingerprint density at radius 1 is 1.56 bits per heavy atom. The molecule has 0 aliphatic heterocycles. The number of hydrogen-bond acceptors (Lipinski definition) is 5. The summed E-state index contributed by atoms with van der Waals surface area (Å²) in [7, 11) is 3.99. The molecule has 1 atom stereocenters. The monoisotopic (exact) mass is 227 g/mol. The first-order chi connectivity index (χ1) is 7.49. The minimum absolute atomic E-state index is 0.211. The van der Waals surface area contributed by atoms with E-state index in [0.29, 0.717) is 18.3 Å². The Bertz CT molecular complexity index is 349. The van der Waals surface area contributed by atoms with E-state index in [1.807, 2.05) is 14.1 Å². The first kappa shape index (κ1) is 12.7. The lowest BCUT2D eigenvalue weighted by molar-refractivity contribution is -0.402. The van der Waals surface area contributed by atoms with E-state index in [1.54, 1.807) is 6.07 Å². The van der Waals surface area contributed by atoms with Gasteiger partial charge in [-0.1, -0.05) is 0 Å². The predicted octanol–water partition coefficient (Wildman–Crippen LogP) is 1.23. The summed E-state index contributed by atoms with van der Waals surface area (Å²) in [4.78, 5) is 11.9. The second-order valence-electron chi connectivity index (χ2n) is 4.04. The van der Waals surface area contributed by atoms with Crippen LogP contribution in [0.15, 0.2) is 16.5 Å². The molecule has 0 saturated heterocycles. The second-order valence-corrected chi connectivity index (χ2v) is 4.04. The van der Waals surface area contributed by atoms with Gasteiger partial charge in [0.25, 0.3) is 0 Å². The van der Waals surface area contributed by atoms with Crippen LogP contribution < -0.4 is 5.32 Å². The maximum absolute atomic E-state index is 10.4. The number of nitrogens with one attached hydrogen (secondary N) is 1. The fourth-order valence-corrected chi connectivity index (χ4v) is 1.45. The van der Waals surface area contributed by atoms with Crippen molar-refractivity contribution in [3.8, 4) is 0 Å². The molecule has 0 fully saturated rings. The van der Waals surface area contributed by atoms with Gasteiger partial charge in [-0.15, -0.1) is 0 Å². The van der Waals surface area contributed by atoms with Crippen LogP contribution in [0.1, 0.15) is 12.7 Å². The largest absolute Gasteiger partial charge is 0.433 e. The molecule has 16 heavy (non-hydrogen) atoms. The normalized spacial score (nSPS) is 13.0. The Hall–Kier alpha value is -1.40. The van der Waals surface area contributed by atoms with Crippen LogP contribution in [0.4, 0.5) is 5.88 Å². The summed E-state index contributed by atoms with van der Waals surface area (Å²) >= 11 is 0. The highest BCUT2D eigenvalue weighted by Gasteiger charge is 2.12. The molecule has 6 nitrogen and oxygen atoms in total. The van der Waals surface area contributed by atoms with Crippen LogP contribution in [-0.2, 0) is 6.54 Å². The number of furan rings is 1. The van der Waals surface area contributed by atoms with Crippen LogP contribution in [-0.4, -0.2) is 36.5 Å². The summed E-state index contributed by atoms with van der Waals surface area (Å²) < 4.78 is 5.03. The number of nitro groups is 1. The molecular weight excluding hydrogens is 210 g/mol. The smallest absolute Gasteiger partial charge is 0.404 e. The van der Waals surface area contributed by atoms with Crippen LogP contribution in [0.25, 0.3) is 0 Å². The molecule has 90 valence electrons. The van der Waals surface area contributed by atoms with Crippen molar-refractivity contribution in [3.63, 3.8) is 0 Å². The summed E-state index contributed by atoms with van der Waals surface area (Å²) in [5.41, 5.74) is 0. The number of rotatable bonds is 6. The van der Waals surface area contributed by atoms with Crippen molar-refractivity contribution in [1.29, 1.82) is 0 Å². The van der Waals surface area contributed by atoms with Crippen molar-refractivity contribution < 1.29 is 9.34 Å². The van der Waals surface area contributed by atoms with E-state index in [1.165, 1.54) is 6.07 Å². The van der Waals surface area contributed by atoms with E-state index in [-0.39, 0.29) is 5.88 Å². The average Bonchev–Trinajstić information content (AvgIpc) is 2.61. The van der Waals surface area contributed by atoms with Gasteiger partial charge in [0.05, 0.1) is 12.6 Å². The Balaban J connectivity index is 2.39. The summed E-state index contributed by atoms with van der Waals surface area (Å²) in [6.45, 7) is 3.46. The topological polar surface area (TPSA) is 71.5 Å². The highest BCUT2D eigenvalue weighted by Crippen LogP contribution is 2.15. The highest BCUT2D eigenvalue weighted by atomic mass is 16.6. The number of nitrogens with zero attached hydrogens (tertiary/aromatic N) is 2. The Kier molecular flexibility index (Phi) is 4.45. The van der Waals surface area contributed by atoms with Crippen LogP contribution >= 0.6 is 0 Å². The van der Waals surface area contributed by atoms with Gasteiger partial charge in [0.15, 0.2) is 0 Å². The SMILES string of the molecule is CC(CN(C)C)NCc1ccc([N+](=O)[O-])o1. The molecule has 0 aliphatic carbocycles. The van der Waals surface area contributed by atoms with E-state index in [0.717, 1.165) is 6.54 Å². The Morgan fingerprint density at radius 2 is 2.25 bits per heavy atom. The fourth-order valence-electron chi connectivity index (χ4n) is 1.45. The van der Waals surface area contributed by atoms with Gasteiger partial charge in [-0.2, -0.15) is 0 Å². The predicted molar refractivity (Wildman–Crippen MR) is 60.2 cm³/mol. The quantitative estimate of drug-likeness (QED) is 0.584. The van der Waals surface area contributed by atoms with E-state index >= 15 is 0 Å². The lowest BCUT2D eigenvalue weighted by Crippen LogP contribution is -2.35. The third-order valence-corrected chi connectivity index (χ3v) is 2.09. The lowest BCUT2D eigenvalue weighted by atomic mass is 10.3. The van der Waals surface area contributed by atoms with Crippen LogP contribution in [0.2, 0.25) is 0 Å². The minimum atomic E-state index is -0.535. The minimum Gasteiger partial charge on any atom is -0.404 e. The summed E-state index contributed by atoms with van der Waals surface area (Å²) in [5.74, 6) is 0.370. The molecule has 1 heterocycles. The molecule has 0 aliphatic rings. The van der Waals surface area contributed by atoms with Gasteiger partial charge in [0.2, 0.25) is 0 Å². The van der Waals surface area contributed by atoms with Gasteiger partial charge in [0.1, 0.15) is 10.7 Å². The van der Waals surface area contributed by atoms with Gasteiger partial charge in [-0.05, 0) is 27.1 Å². The molecule has 0 spiro atoms. The van der Waals surface area contributed by atoms with Crippen molar-refractivity contribution in [2.24, 2.45) is 0 Å². The Morgan fingerprint density at radius 3 is 2.75 bits per heavy atom. The van der Waals surface area contributed by atoms with Crippen molar-refractivity contribution in [2.45, 2.75) is 19.5 Å². The molecule has 6 heteroatoms. The molecule has 0 amide bonds. The molecule has 0 saturated carbocycles. The van der Waals surface area contributed by atoms with Crippen LogP contribution in [0.5, 0.6) is 0 Å². The molecule has 1 rings (SSSR count). The zero-order valence-corrected chi connectivity index (χ0v) is 9.77. The van der Waals surface area contributed by atoms with Crippen molar-refractivity contribution >= 4 is 5.88 Å². The van der Waals surface area contributed by atoms with Gasteiger partial charge in [-0.25, -0.2) is 0 Å². The van der Waals surface area contributed by atoms with Gasteiger partial charge >= 0.3 is 5.88 Å². The van der Waals surface area contributed by atoms with E-state index in [9.17, 15) is 10.1 Å². The molecule has 1 aromatic rings. The van der Waals surface area contributed by atoms with E-state index in [4.69, 9.17) is 4.42 Å². The molecular formula is C10H17N3O3. The maximum Gasteiger partial charge on any atom is 0.433 e. The van der Waals surface area contributed by atoms with Gasteiger partial charge in [-0.3, -0.25) is 10.1 Å². The maximum atomic E-state index is 10.4. The molecule has 0 aromatic carbocycles. The highest BCUT2D eigenvalue weighted by molar-refractivity contribution is 5.17. The second kappa shape index (κ2) is 5.62. The first-order valence-electron chi connectivity index (χ1n) is 5.10. The van der Waals surface area contributed by atoms with Crippen molar-refractivity contribution in [3.05, 3.63) is 28.0 Å². The molecule has 0 radical (unpaired) electrons. The summed E-state index contributed by atoms with van der Waals surface area (Å²) in [5, 5.41) is 13.6. The van der Waals surface area contributed by atoms with Crippen LogP contribution in [0.3, 0.4) is 0 Å². The van der Waals surface area contributed by atoms with E-state index < -0.39 is 4.92 Å². The molecule has 0 bridgehead atoms. The molecule has 1 aromatic heterocycles. The van der Waals surface area contributed by atoms with Gasteiger partial charge in [0, 0.05) is 12.6 Å². The third kappa shape index (κ3) is 4.00. The summed E-state index contributed by atoms with van der Waals surface area (Å²) in [6.07, 6.45) is 0. The first-order valence-corrected chi connectivity index (χ1v) is 5.10. The average molecular weight is 227 g/mol. The summed E-state index contributed by atoms with van der Waals surface area (Å²) in [6, 6.07) is 3.29.